The normalized spacial score (nSPS) is 33.2. The summed E-state index contributed by atoms with van der Waals surface area (Å²) in [6.45, 7) is 17.2. The van der Waals surface area contributed by atoms with Gasteiger partial charge in [0, 0.05) is 31.7 Å². The highest BCUT2D eigenvalue weighted by Gasteiger charge is 2.39. The minimum atomic E-state index is 0.364. The molecule has 112 valence electrons. The lowest BCUT2D eigenvalue weighted by Crippen LogP contribution is -2.44. The Balaban J connectivity index is 1.89. The van der Waals surface area contributed by atoms with E-state index in [1.54, 1.807) is 0 Å². The van der Waals surface area contributed by atoms with Crippen LogP contribution in [0.2, 0.25) is 0 Å². The molecular formula is C16H32N2O. The lowest BCUT2D eigenvalue weighted by atomic mass is 9.80. The Kier molecular flexibility index (Phi) is 4.91. The molecule has 0 saturated carbocycles. The molecule has 2 fully saturated rings. The molecule has 0 aromatic carbocycles. The highest BCUT2D eigenvalue weighted by molar-refractivity contribution is 4.92. The van der Waals surface area contributed by atoms with Gasteiger partial charge in [0.15, 0.2) is 0 Å². The fraction of sp³-hybridized carbons (Fsp3) is 1.00. The maximum absolute atomic E-state index is 5.70. The number of rotatable bonds is 5. The van der Waals surface area contributed by atoms with E-state index in [0.717, 1.165) is 32.2 Å². The molecule has 0 aliphatic carbocycles. The number of likely N-dealkylation sites (tertiary alicyclic amines) is 1. The van der Waals surface area contributed by atoms with Crippen molar-refractivity contribution in [2.45, 2.75) is 40.5 Å². The van der Waals surface area contributed by atoms with Crippen LogP contribution in [0.3, 0.4) is 0 Å². The zero-order valence-corrected chi connectivity index (χ0v) is 13.3. The minimum Gasteiger partial charge on any atom is -0.381 e. The first kappa shape index (κ1) is 15.3. The van der Waals surface area contributed by atoms with E-state index >= 15 is 0 Å². The SMILES string of the molecule is CCNCC1(CN2CCC(C(C)(C)C)C2)CCOC1. The molecule has 3 heteroatoms. The molecule has 2 heterocycles. The van der Waals surface area contributed by atoms with Gasteiger partial charge in [-0.15, -0.1) is 0 Å². The molecule has 0 spiro atoms. The lowest BCUT2D eigenvalue weighted by molar-refractivity contribution is 0.113. The van der Waals surface area contributed by atoms with E-state index < -0.39 is 0 Å². The van der Waals surface area contributed by atoms with Gasteiger partial charge in [0.2, 0.25) is 0 Å². The first-order valence-corrected chi connectivity index (χ1v) is 7.96. The van der Waals surface area contributed by atoms with Crippen LogP contribution < -0.4 is 5.32 Å². The van der Waals surface area contributed by atoms with Gasteiger partial charge in [-0.3, -0.25) is 0 Å². The average molecular weight is 268 g/mol. The Bertz CT molecular complexity index is 279. The highest BCUT2D eigenvalue weighted by Crippen LogP contribution is 2.36. The molecule has 2 aliphatic rings. The number of ether oxygens (including phenoxy) is 1. The predicted molar refractivity (Wildman–Crippen MR) is 80.4 cm³/mol. The van der Waals surface area contributed by atoms with Crippen molar-refractivity contribution in [2.75, 3.05) is 45.9 Å². The molecule has 0 aromatic rings. The fourth-order valence-corrected chi connectivity index (χ4v) is 3.52. The van der Waals surface area contributed by atoms with Crippen LogP contribution in [0.4, 0.5) is 0 Å². The molecule has 3 nitrogen and oxygen atoms in total. The third kappa shape index (κ3) is 3.93. The molecule has 0 bridgehead atoms. The molecule has 2 rings (SSSR count). The van der Waals surface area contributed by atoms with Gasteiger partial charge in [0.1, 0.15) is 0 Å². The smallest absolute Gasteiger partial charge is 0.0547 e. The Labute approximate surface area is 119 Å². The van der Waals surface area contributed by atoms with E-state index in [9.17, 15) is 0 Å². The largest absolute Gasteiger partial charge is 0.381 e. The van der Waals surface area contributed by atoms with Crippen molar-refractivity contribution in [3.05, 3.63) is 0 Å². The third-order valence-corrected chi connectivity index (χ3v) is 4.99. The second-order valence-corrected chi connectivity index (χ2v) is 7.67. The first-order valence-electron chi connectivity index (χ1n) is 7.96. The Morgan fingerprint density at radius 3 is 2.68 bits per heavy atom. The topological polar surface area (TPSA) is 24.5 Å². The van der Waals surface area contributed by atoms with Crippen molar-refractivity contribution in [1.29, 1.82) is 0 Å². The lowest BCUT2D eigenvalue weighted by Gasteiger charge is -2.33. The zero-order chi connectivity index (χ0) is 13.9. The second kappa shape index (κ2) is 6.11. The van der Waals surface area contributed by atoms with E-state index in [2.05, 4.69) is 37.9 Å². The molecule has 19 heavy (non-hydrogen) atoms. The summed E-state index contributed by atoms with van der Waals surface area (Å²) in [6.07, 6.45) is 2.58. The van der Waals surface area contributed by atoms with Gasteiger partial charge >= 0.3 is 0 Å². The highest BCUT2D eigenvalue weighted by atomic mass is 16.5. The van der Waals surface area contributed by atoms with Crippen LogP contribution in [0, 0.1) is 16.7 Å². The molecule has 2 atom stereocenters. The molecule has 0 radical (unpaired) electrons. The monoisotopic (exact) mass is 268 g/mol. The molecule has 0 aromatic heterocycles. The summed E-state index contributed by atoms with van der Waals surface area (Å²) in [5.41, 5.74) is 0.818. The summed E-state index contributed by atoms with van der Waals surface area (Å²) in [4.78, 5) is 2.68. The van der Waals surface area contributed by atoms with Crippen LogP contribution in [-0.4, -0.2) is 50.8 Å². The van der Waals surface area contributed by atoms with Crippen molar-refractivity contribution in [2.24, 2.45) is 16.7 Å². The third-order valence-electron chi connectivity index (χ3n) is 4.99. The summed E-state index contributed by atoms with van der Waals surface area (Å²) in [7, 11) is 0. The standard InChI is InChI=1S/C16H32N2O/c1-5-17-11-16(7-9-19-13-16)12-18-8-6-14(10-18)15(2,3)4/h14,17H,5-13H2,1-4H3. The van der Waals surface area contributed by atoms with Crippen LogP contribution in [-0.2, 0) is 4.74 Å². The maximum Gasteiger partial charge on any atom is 0.0547 e. The van der Waals surface area contributed by atoms with Crippen molar-refractivity contribution in [3.63, 3.8) is 0 Å². The van der Waals surface area contributed by atoms with Crippen molar-refractivity contribution in [3.8, 4) is 0 Å². The van der Waals surface area contributed by atoms with Crippen LogP contribution >= 0.6 is 0 Å². The van der Waals surface area contributed by atoms with E-state index in [0.29, 0.717) is 10.8 Å². The van der Waals surface area contributed by atoms with Crippen molar-refractivity contribution < 1.29 is 4.74 Å². The summed E-state index contributed by atoms with van der Waals surface area (Å²) in [5.74, 6) is 0.853. The van der Waals surface area contributed by atoms with Gasteiger partial charge < -0.3 is 15.0 Å². The summed E-state index contributed by atoms with van der Waals surface area (Å²) in [5, 5.41) is 3.54. The quantitative estimate of drug-likeness (QED) is 0.828. The number of nitrogens with zero attached hydrogens (tertiary/aromatic N) is 1. The van der Waals surface area contributed by atoms with Crippen LogP contribution in [0.5, 0.6) is 0 Å². The molecule has 0 amide bonds. The van der Waals surface area contributed by atoms with E-state index in [-0.39, 0.29) is 0 Å². The number of hydrogen-bond acceptors (Lipinski definition) is 3. The minimum absolute atomic E-state index is 0.364. The zero-order valence-electron chi connectivity index (χ0n) is 13.3. The Hall–Kier alpha value is -0.120. The van der Waals surface area contributed by atoms with Crippen LogP contribution in [0.25, 0.3) is 0 Å². The second-order valence-electron chi connectivity index (χ2n) is 7.67. The molecule has 2 unspecified atom stereocenters. The van der Waals surface area contributed by atoms with Crippen LogP contribution in [0.1, 0.15) is 40.5 Å². The fourth-order valence-electron chi connectivity index (χ4n) is 3.52. The Morgan fingerprint density at radius 1 is 1.37 bits per heavy atom. The molecule has 2 aliphatic heterocycles. The Morgan fingerprint density at radius 2 is 2.16 bits per heavy atom. The van der Waals surface area contributed by atoms with Crippen molar-refractivity contribution in [1.82, 2.24) is 10.2 Å². The first-order chi connectivity index (χ1) is 8.95. The van der Waals surface area contributed by atoms with Gasteiger partial charge in [-0.2, -0.15) is 0 Å². The molecule has 2 saturated heterocycles. The van der Waals surface area contributed by atoms with E-state index in [4.69, 9.17) is 4.74 Å². The number of hydrogen-bond donors (Lipinski definition) is 1. The van der Waals surface area contributed by atoms with Gasteiger partial charge in [-0.1, -0.05) is 27.7 Å². The molecule has 1 N–H and O–H groups in total. The van der Waals surface area contributed by atoms with Gasteiger partial charge in [-0.05, 0) is 37.3 Å². The summed E-state index contributed by atoms with van der Waals surface area (Å²) in [6, 6.07) is 0. The molecular weight excluding hydrogens is 236 g/mol. The maximum atomic E-state index is 5.70. The van der Waals surface area contributed by atoms with E-state index in [1.807, 2.05) is 0 Å². The van der Waals surface area contributed by atoms with Gasteiger partial charge in [0.25, 0.3) is 0 Å². The van der Waals surface area contributed by atoms with E-state index in [1.165, 1.54) is 32.5 Å². The average Bonchev–Trinajstić information content (AvgIpc) is 2.96. The van der Waals surface area contributed by atoms with Gasteiger partial charge in [0.05, 0.1) is 6.61 Å². The van der Waals surface area contributed by atoms with Crippen LogP contribution in [0.15, 0.2) is 0 Å². The predicted octanol–water partition coefficient (Wildman–Crippen LogP) is 2.37. The number of nitrogens with one attached hydrogen (secondary N) is 1. The van der Waals surface area contributed by atoms with Gasteiger partial charge in [-0.25, -0.2) is 0 Å². The summed E-state index contributed by atoms with van der Waals surface area (Å²) < 4.78 is 5.70. The van der Waals surface area contributed by atoms with Crippen molar-refractivity contribution >= 4 is 0 Å². The summed E-state index contributed by atoms with van der Waals surface area (Å²) >= 11 is 0.